The van der Waals surface area contributed by atoms with Crippen LogP contribution in [0.2, 0.25) is 0 Å². The van der Waals surface area contributed by atoms with E-state index >= 15 is 0 Å². The lowest BCUT2D eigenvalue weighted by molar-refractivity contribution is -0.117. The first-order chi connectivity index (χ1) is 8.77. The van der Waals surface area contributed by atoms with Crippen molar-refractivity contribution in [2.75, 3.05) is 24.7 Å². The number of alkyl halides is 4. The van der Waals surface area contributed by atoms with Crippen LogP contribution in [0.1, 0.15) is 10.4 Å². The zero-order valence-corrected chi connectivity index (χ0v) is 9.92. The van der Waals surface area contributed by atoms with Crippen LogP contribution in [0.4, 0.5) is 28.9 Å². The number of anilines is 2. The van der Waals surface area contributed by atoms with Crippen LogP contribution in [-0.4, -0.2) is 32.0 Å². The first-order valence-corrected chi connectivity index (χ1v) is 5.15. The Bertz CT molecular complexity index is 466. The number of carbonyl (C=O) groups excluding carboxylic acids is 1. The van der Waals surface area contributed by atoms with Crippen molar-refractivity contribution in [2.45, 2.75) is 12.3 Å². The van der Waals surface area contributed by atoms with Crippen molar-refractivity contribution in [3.05, 3.63) is 23.8 Å². The van der Waals surface area contributed by atoms with Gasteiger partial charge in [0.05, 0.1) is 19.2 Å². The number of esters is 1. The quantitative estimate of drug-likeness (QED) is 0.494. The van der Waals surface area contributed by atoms with Gasteiger partial charge in [-0.2, -0.15) is 8.78 Å². The second-order valence-corrected chi connectivity index (χ2v) is 3.71. The summed E-state index contributed by atoms with van der Waals surface area (Å²) >= 11 is 0. The second-order valence-electron chi connectivity index (χ2n) is 3.71. The van der Waals surface area contributed by atoms with Gasteiger partial charge in [-0.1, -0.05) is 0 Å². The monoisotopic (exact) mass is 280 g/mol. The second kappa shape index (κ2) is 5.77. The number of halogens is 4. The molecule has 0 atom stereocenters. The third kappa shape index (κ3) is 3.73. The van der Waals surface area contributed by atoms with E-state index in [1.165, 1.54) is 12.1 Å². The molecule has 1 aromatic carbocycles. The van der Waals surface area contributed by atoms with E-state index in [4.69, 9.17) is 5.73 Å². The zero-order chi connectivity index (χ0) is 14.6. The van der Waals surface area contributed by atoms with Gasteiger partial charge in [-0.15, -0.1) is 0 Å². The Morgan fingerprint density at radius 2 is 2.11 bits per heavy atom. The maximum Gasteiger partial charge on any atom is 0.340 e. The molecule has 0 fully saturated rings. The van der Waals surface area contributed by atoms with E-state index in [1.54, 1.807) is 0 Å². The summed E-state index contributed by atoms with van der Waals surface area (Å²) in [5.74, 6) is -4.91. The van der Waals surface area contributed by atoms with Crippen LogP contribution in [0.5, 0.6) is 0 Å². The predicted octanol–water partition coefficient (Wildman–Crippen LogP) is 2.37. The molecule has 1 aromatic rings. The highest BCUT2D eigenvalue weighted by Gasteiger charge is 2.40. The minimum absolute atomic E-state index is 0.0344. The van der Waals surface area contributed by atoms with Gasteiger partial charge in [0.1, 0.15) is 0 Å². The van der Waals surface area contributed by atoms with Crippen LogP contribution in [0.3, 0.4) is 0 Å². The molecule has 0 unspecified atom stereocenters. The van der Waals surface area contributed by atoms with E-state index in [2.05, 4.69) is 10.1 Å². The van der Waals surface area contributed by atoms with Crippen LogP contribution in [0.25, 0.3) is 0 Å². The van der Waals surface area contributed by atoms with E-state index < -0.39 is 24.9 Å². The molecule has 19 heavy (non-hydrogen) atoms. The number of hydrogen-bond acceptors (Lipinski definition) is 4. The average Bonchev–Trinajstić information content (AvgIpc) is 2.36. The molecule has 0 aliphatic rings. The summed E-state index contributed by atoms with van der Waals surface area (Å²) in [6.07, 6.45) is -3.77. The van der Waals surface area contributed by atoms with Crippen molar-refractivity contribution in [1.82, 2.24) is 0 Å². The van der Waals surface area contributed by atoms with Crippen LogP contribution >= 0.6 is 0 Å². The van der Waals surface area contributed by atoms with E-state index in [1.807, 2.05) is 0 Å². The van der Waals surface area contributed by atoms with E-state index in [-0.39, 0.29) is 16.9 Å². The molecule has 0 heterocycles. The van der Waals surface area contributed by atoms with Gasteiger partial charge in [-0.25, -0.2) is 13.6 Å². The van der Waals surface area contributed by atoms with Crippen molar-refractivity contribution in [1.29, 1.82) is 0 Å². The largest absolute Gasteiger partial charge is 0.465 e. The Balaban J connectivity index is 2.84. The maximum absolute atomic E-state index is 12.7. The summed E-state index contributed by atoms with van der Waals surface area (Å²) in [6, 6.07) is 3.74. The number of nitrogens with one attached hydrogen (secondary N) is 1. The third-order valence-electron chi connectivity index (χ3n) is 2.31. The first-order valence-electron chi connectivity index (χ1n) is 5.15. The number of nitrogen functional groups attached to an aromatic ring is 1. The van der Waals surface area contributed by atoms with Crippen LogP contribution < -0.4 is 11.1 Å². The predicted molar refractivity (Wildman–Crippen MR) is 61.6 cm³/mol. The molecule has 0 saturated heterocycles. The molecule has 0 aliphatic carbocycles. The van der Waals surface area contributed by atoms with Gasteiger partial charge < -0.3 is 15.8 Å². The molecule has 0 aromatic heterocycles. The Morgan fingerprint density at radius 3 is 2.63 bits per heavy atom. The number of benzene rings is 1. The fraction of sp³-hybridized carbons (Fsp3) is 0.364. The molecule has 3 N–H and O–H groups in total. The van der Waals surface area contributed by atoms with Crippen molar-refractivity contribution >= 4 is 17.3 Å². The summed E-state index contributed by atoms with van der Waals surface area (Å²) in [7, 11) is 1.13. The lowest BCUT2D eigenvalue weighted by Gasteiger charge is -2.17. The number of ether oxygens (including phenoxy) is 1. The summed E-state index contributed by atoms with van der Waals surface area (Å²) in [4.78, 5) is 11.3. The molecular formula is C11H12F4N2O2. The standard InChI is InChI=1S/C11H12F4N2O2/c1-19-9(18)7-4-6(2-3-8(7)16)17-5-11(14,15)10(12)13/h2-4,10,17H,5,16H2,1H3. The number of hydrogen-bond donors (Lipinski definition) is 2. The zero-order valence-electron chi connectivity index (χ0n) is 9.92. The van der Waals surface area contributed by atoms with Gasteiger partial charge in [-0.05, 0) is 18.2 Å². The molecule has 0 bridgehead atoms. The van der Waals surface area contributed by atoms with Crippen molar-refractivity contribution in [3.63, 3.8) is 0 Å². The maximum atomic E-state index is 12.7. The van der Waals surface area contributed by atoms with Gasteiger partial charge in [0.15, 0.2) is 0 Å². The van der Waals surface area contributed by atoms with Gasteiger partial charge >= 0.3 is 18.3 Å². The molecule has 106 valence electrons. The fourth-order valence-corrected chi connectivity index (χ4v) is 1.25. The molecule has 0 saturated carbocycles. The average molecular weight is 280 g/mol. The number of rotatable bonds is 5. The van der Waals surface area contributed by atoms with E-state index in [9.17, 15) is 22.4 Å². The van der Waals surface area contributed by atoms with E-state index in [0.717, 1.165) is 13.2 Å². The number of nitrogens with two attached hydrogens (primary N) is 1. The van der Waals surface area contributed by atoms with Gasteiger partial charge in [0.2, 0.25) is 0 Å². The Labute approximate surface area is 106 Å². The molecule has 0 amide bonds. The highest BCUT2D eigenvalue weighted by atomic mass is 19.3. The van der Waals surface area contributed by atoms with E-state index in [0.29, 0.717) is 0 Å². The smallest absolute Gasteiger partial charge is 0.340 e. The number of methoxy groups -OCH3 is 1. The van der Waals surface area contributed by atoms with Crippen molar-refractivity contribution < 1.29 is 27.1 Å². The van der Waals surface area contributed by atoms with Crippen LogP contribution in [0, 0.1) is 0 Å². The summed E-state index contributed by atoms with van der Waals surface area (Å²) < 4.78 is 53.8. The van der Waals surface area contributed by atoms with Crippen LogP contribution in [0.15, 0.2) is 18.2 Å². The van der Waals surface area contributed by atoms with Gasteiger partial charge in [-0.3, -0.25) is 0 Å². The molecule has 4 nitrogen and oxygen atoms in total. The molecule has 1 rings (SSSR count). The molecule has 0 spiro atoms. The van der Waals surface area contributed by atoms with Gasteiger partial charge in [0.25, 0.3) is 0 Å². The van der Waals surface area contributed by atoms with Crippen LogP contribution in [-0.2, 0) is 4.74 Å². The molecule has 0 aliphatic heterocycles. The Kier molecular flexibility index (Phi) is 4.57. The number of carbonyl (C=O) groups is 1. The SMILES string of the molecule is COC(=O)c1cc(NCC(F)(F)C(F)F)ccc1N. The summed E-state index contributed by atoms with van der Waals surface area (Å²) in [5.41, 5.74) is 5.63. The lowest BCUT2D eigenvalue weighted by atomic mass is 10.1. The topological polar surface area (TPSA) is 64.3 Å². The highest BCUT2D eigenvalue weighted by Crippen LogP contribution is 2.24. The summed E-state index contributed by atoms with van der Waals surface area (Å²) in [5, 5.41) is 2.12. The first kappa shape index (κ1) is 15.1. The Morgan fingerprint density at radius 1 is 1.47 bits per heavy atom. The molecule has 8 heteroatoms. The Hall–Kier alpha value is -1.99. The van der Waals surface area contributed by atoms with Gasteiger partial charge in [0, 0.05) is 11.4 Å². The minimum atomic E-state index is -4.16. The highest BCUT2D eigenvalue weighted by molar-refractivity contribution is 5.96. The third-order valence-corrected chi connectivity index (χ3v) is 2.31. The lowest BCUT2D eigenvalue weighted by Crippen LogP contribution is -2.34. The minimum Gasteiger partial charge on any atom is -0.465 e. The van der Waals surface area contributed by atoms with Crippen molar-refractivity contribution in [2.24, 2.45) is 0 Å². The summed E-state index contributed by atoms with van der Waals surface area (Å²) in [6.45, 7) is -1.25. The fourth-order valence-electron chi connectivity index (χ4n) is 1.25. The molecule has 0 radical (unpaired) electrons. The molecular weight excluding hydrogens is 268 g/mol. The van der Waals surface area contributed by atoms with Crippen molar-refractivity contribution in [3.8, 4) is 0 Å². The normalized spacial score (nSPS) is 11.5.